The minimum atomic E-state index is -0.889. The molecule has 0 spiro atoms. The van der Waals surface area contributed by atoms with E-state index in [1.807, 2.05) is 12.1 Å². The second-order valence-corrected chi connectivity index (χ2v) is 11.3. The molecule has 0 saturated carbocycles. The predicted octanol–water partition coefficient (Wildman–Crippen LogP) is 4.91. The average molecular weight is 419 g/mol. The Hall–Kier alpha value is -2.71. The molecule has 0 unspecified atom stereocenters. The molecule has 0 atom stereocenters. The van der Waals surface area contributed by atoms with E-state index in [2.05, 4.69) is 45.7 Å². The van der Waals surface area contributed by atoms with Gasteiger partial charge >= 0.3 is 163 Å². The first-order chi connectivity index (χ1) is 13.1. The van der Waals surface area contributed by atoms with Crippen LogP contribution in [-0.4, -0.2) is 29.6 Å². The molecule has 2 aromatic heterocycles. The maximum atomic E-state index is 13.4. The molecule has 4 aromatic rings. The number of nitrogens with one attached hydrogen (secondary N) is 1. The fourth-order valence-corrected chi connectivity index (χ4v) is 4.54. The summed E-state index contributed by atoms with van der Waals surface area (Å²) in [6.45, 7) is 0. The van der Waals surface area contributed by atoms with Crippen molar-refractivity contribution in [2.45, 2.75) is 11.4 Å². The third-order valence-electron chi connectivity index (χ3n) is 4.45. The Morgan fingerprint density at radius 2 is 1.41 bits per heavy atom. The number of hydrogen-bond acceptors (Lipinski definition) is 2. The van der Waals surface area contributed by atoms with Crippen molar-refractivity contribution in [3.05, 3.63) is 78.9 Å². The van der Waals surface area contributed by atoms with Crippen LogP contribution in [0.1, 0.15) is 0 Å². The molecular formula is C22H19AsFN3. The molecule has 0 radical (unpaired) electrons. The molecule has 0 saturated heterocycles. The van der Waals surface area contributed by atoms with Gasteiger partial charge in [-0.3, -0.25) is 0 Å². The topological polar surface area (TPSA) is 41.6 Å². The summed E-state index contributed by atoms with van der Waals surface area (Å²) in [5, 5.41) is 0. The van der Waals surface area contributed by atoms with E-state index in [4.69, 9.17) is 4.98 Å². The van der Waals surface area contributed by atoms with Gasteiger partial charge in [-0.05, 0) is 0 Å². The number of pyridine rings is 1. The molecule has 0 fully saturated rings. The van der Waals surface area contributed by atoms with Crippen molar-refractivity contribution >= 4 is 19.0 Å². The van der Waals surface area contributed by atoms with Gasteiger partial charge in [-0.15, -0.1) is 0 Å². The van der Waals surface area contributed by atoms with Crippen LogP contribution >= 0.6 is 0 Å². The van der Waals surface area contributed by atoms with Crippen LogP contribution in [0.3, 0.4) is 0 Å². The number of H-pyrrole nitrogens is 1. The summed E-state index contributed by atoms with van der Waals surface area (Å²) in [6, 6.07) is 19.0. The summed E-state index contributed by atoms with van der Waals surface area (Å²) >= 11 is -0.889. The van der Waals surface area contributed by atoms with Crippen LogP contribution in [0.15, 0.2) is 73.1 Å². The molecule has 0 aliphatic heterocycles. The van der Waals surface area contributed by atoms with Crippen molar-refractivity contribution < 1.29 is 4.39 Å². The Balaban J connectivity index is 1.83. The zero-order valence-electron chi connectivity index (χ0n) is 15.1. The zero-order chi connectivity index (χ0) is 18.8. The van der Waals surface area contributed by atoms with Gasteiger partial charge < -0.3 is 0 Å². The Kier molecular flexibility index (Phi) is 4.91. The number of aromatic amines is 1. The summed E-state index contributed by atoms with van der Waals surface area (Å²) in [6.07, 6.45) is 3.51. The Bertz CT molecular complexity index is 1040. The molecule has 27 heavy (non-hydrogen) atoms. The molecule has 1 N–H and O–H groups in total. The van der Waals surface area contributed by atoms with Gasteiger partial charge in [0.05, 0.1) is 0 Å². The van der Waals surface area contributed by atoms with Gasteiger partial charge in [0.2, 0.25) is 0 Å². The van der Waals surface area contributed by atoms with Gasteiger partial charge in [-0.1, -0.05) is 0 Å². The van der Waals surface area contributed by atoms with Crippen molar-refractivity contribution in [3.63, 3.8) is 0 Å². The summed E-state index contributed by atoms with van der Waals surface area (Å²) in [5.74, 6) is 0.549. The Labute approximate surface area is 162 Å². The van der Waals surface area contributed by atoms with E-state index in [0.717, 1.165) is 33.9 Å². The Morgan fingerprint density at radius 1 is 0.778 bits per heavy atom. The number of benzene rings is 2. The van der Waals surface area contributed by atoms with E-state index in [1.54, 1.807) is 24.5 Å². The third kappa shape index (κ3) is 3.72. The molecule has 0 bridgehead atoms. The van der Waals surface area contributed by atoms with Crippen LogP contribution < -0.4 is 4.35 Å². The quantitative estimate of drug-likeness (QED) is 0.478. The van der Waals surface area contributed by atoms with Gasteiger partial charge in [-0.25, -0.2) is 0 Å². The van der Waals surface area contributed by atoms with Gasteiger partial charge in [0.15, 0.2) is 0 Å². The molecule has 0 aliphatic carbocycles. The minimum absolute atomic E-state index is 0.256. The van der Waals surface area contributed by atoms with Crippen LogP contribution in [0.2, 0.25) is 11.4 Å². The number of aromatic nitrogens is 3. The second kappa shape index (κ2) is 7.49. The van der Waals surface area contributed by atoms with Gasteiger partial charge in [-0.2, -0.15) is 0 Å². The predicted molar refractivity (Wildman–Crippen MR) is 110 cm³/mol. The number of imidazole rings is 1. The summed E-state index contributed by atoms with van der Waals surface area (Å²) in [5.41, 5.74) is 9.26. The summed E-state index contributed by atoms with van der Waals surface area (Å²) < 4.78 is 14.8. The van der Waals surface area contributed by atoms with E-state index in [-0.39, 0.29) is 5.82 Å². The molecule has 5 heteroatoms. The fraction of sp³-hybridized carbons (Fsp3) is 0.0909. The fourth-order valence-electron chi connectivity index (χ4n) is 2.97. The summed E-state index contributed by atoms with van der Waals surface area (Å²) in [4.78, 5) is 12.4. The molecule has 4 rings (SSSR count). The maximum absolute atomic E-state index is 13.4. The van der Waals surface area contributed by atoms with Crippen LogP contribution in [0.5, 0.6) is 0 Å². The van der Waals surface area contributed by atoms with Crippen LogP contribution in [0.4, 0.5) is 4.39 Å². The van der Waals surface area contributed by atoms with E-state index in [0.29, 0.717) is 0 Å². The van der Waals surface area contributed by atoms with Crippen molar-refractivity contribution in [2.24, 2.45) is 0 Å². The molecule has 134 valence electrons. The van der Waals surface area contributed by atoms with Crippen LogP contribution in [-0.2, 0) is 0 Å². The van der Waals surface area contributed by atoms with Crippen molar-refractivity contribution in [1.82, 2.24) is 15.0 Å². The van der Waals surface area contributed by atoms with E-state index in [1.165, 1.54) is 16.5 Å². The van der Waals surface area contributed by atoms with Gasteiger partial charge in [0, 0.05) is 0 Å². The number of halogens is 1. The van der Waals surface area contributed by atoms with Crippen molar-refractivity contribution in [3.8, 4) is 33.9 Å². The average Bonchev–Trinajstić information content (AvgIpc) is 3.15. The second-order valence-electron chi connectivity index (χ2n) is 6.49. The monoisotopic (exact) mass is 419 g/mol. The molecule has 2 aromatic carbocycles. The SMILES string of the molecule is C[As](C)c1ccc(-c2nc(-c3ccc(F)cc3)c(-c3ccncc3)[nH]2)cc1. The molecule has 3 nitrogen and oxygen atoms in total. The molecule has 2 heterocycles. The number of hydrogen-bond donors (Lipinski definition) is 1. The Morgan fingerprint density at radius 3 is 2.04 bits per heavy atom. The molecule has 0 aliphatic rings. The zero-order valence-corrected chi connectivity index (χ0v) is 17.0. The van der Waals surface area contributed by atoms with Gasteiger partial charge in [0.25, 0.3) is 0 Å². The first kappa shape index (κ1) is 17.7. The van der Waals surface area contributed by atoms with E-state index >= 15 is 0 Å². The van der Waals surface area contributed by atoms with Crippen molar-refractivity contribution in [2.75, 3.05) is 0 Å². The van der Waals surface area contributed by atoms with Gasteiger partial charge in [0.1, 0.15) is 0 Å². The molecule has 0 amide bonds. The van der Waals surface area contributed by atoms with Crippen LogP contribution in [0, 0.1) is 5.82 Å². The third-order valence-corrected chi connectivity index (χ3v) is 7.24. The molecular weight excluding hydrogens is 400 g/mol. The van der Waals surface area contributed by atoms with Crippen molar-refractivity contribution in [1.29, 1.82) is 0 Å². The number of nitrogens with zero attached hydrogens (tertiary/aromatic N) is 2. The number of rotatable bonds is 4. The first-order valence-corrected chi connectivity index (χ1v) is 13.3. The summed E-state index contributed by atoms with van der Waals surface area (Å²) in [7, 11) is 0. The normalized spacial score (nSPS) is 11.1. The first-order valence-electron chi connectivity index (χ1n) is 8.66. The van der Waals surface area contributed by atoms with E-state index < -0.39 is 14.7 Å². The van der Waals surface area contributed by atoms with Crippen LogP contribution in [0.25, 0.3) is 33.9 Å². The van der Waals surface area contributed by atoms with E-state index in [9.17, 15) is 4.39 Å². The standard InChI is InChI=1S/C22H19AsFN3/c1-23(2)18-7-3-17(4-8-18)22-26-20(15-5-9-19(24)10-6-15)21(27-22)16-11-13-25-14-12-16/h3-14H,1-2H3,(H,26,27).